The molecule has 0 aliphatic carbocycles. The van der Waals surface area contributed by atoms with E-state index in [0.29, 0.717) is 0 Å². The highest BCUT2D eigenvalue weighted by molar-refractivity contribution is 5.36. The van der Waals surface area contributed by atoms with E-state index in [1.165, 1.54) is 43.4 Å². The monoisotopic (exact) mass is 235 g/mol. The number of likely N-dealkylation sites (N-methyl/N-ethyl adjacent to an activating group) is 1. The predicted molar refractivity (Wildman–Crippen MR) is 77.0 cm³/mol. The Bertz CT molecular complexity index is 299. The predicted octanol–water partition coefficient (Wildman–Crippen LogP) is 4.76. The number of hydrogen-bond donors (Lipinski definition) is 0. The Kier molecular flexibility index (Phi) is 5.80. The smallest absolute Gasteiger partial charge is 0.0359 e. The van der Waals surface area contributed by atoms with Crippen LogP contribution >= 0.6 is 0 Å². The SMILES string of the molecule is CCCCC(CC)CC1=CCN(C)C(C)=C1C. The summed E-state index contributed by atoms with van der Waals surface area (Å²) in [5.74, 6) is 0.882. The summed E-state index contributed by atoms with van der Waals surface area (Å²) in [6.07, 6.45) is 9.13. The van der Waals surface area contributed by atoms with E-state index in [0.717, 1.165) is 12.5 Å². The van der Waals surface area contributed by atoms with Crippen LogP contribution in [0.25, 0.3) is 0 Å². The zero-order valence-corrected chi connectivity index (χ0v) is 12.3. The molecule has 0 saturated carbocycles. The first kappa shape index (κ1) is 14.3. The Morgan fingerprint density at radius 3 is 2.59 bits per heavy atom. The summed E-state index contributed by atoms with van der Waals surface area (Å²) in [5.41, 5.74) is 4.56. The Balaban J connectivity index is 2.62. The summed E-state index contributed by atoms with van der Waals surface area (Å²) < 4.78 is 0. The highest BCUT2D eigenvalue weighted by Crippen LogP contribution is 2.29. The summed E-state index contributed by atoms with van der Waals surface area (Å²) in [5, 5.41) is 0. The molecule has 0 N–H and O–H groups in total. The van der Waals surface area contributed by atoms with Crippen LogP contribution in [0.4, 0.5) is 0 Å². The number of rotatable bonds is 6. The van der Waals surface area contributed by atoms with E-state index < -0.39 is 0 Å². The van der Waals surface area contributed by atoms with Crippen LogP contribution in [0, 0.1) is 5.92 Å². The van der Waals surface area contributed by atoms with E-state index in [2.05, 4.69) is 45.7 Å². The van der Waals surface area contributed by atoms with Crippen molar-refractivity contribution in [2.45, 2.75) is 59.8 Å². The van der Waals surface area contributed by atoms with Crippen LogP contribution in [-0.4, -0.2) is 18.5 Å². The molecule has 1 unspecified atom stereocenters. The molecule has 0 fully saturated rings. The summed E-state index contributed by atoms with van der Waals surface area (Å²) in [6.45, 7) is 10.2. The largest absolute Gasteiger partial charge is 0.374 e. The first-order valence-corrected chi connectivity index (χ1v) is 7.18. The van der Waals surface area contributed by atoms with E-state index >= 15 is 0 Å². The lowest BCUT2D eigenvalue weighted by atomic mass is 9.87. The molecule has 17 heavy (non-hydrogen) atoms. The highest BCUT2D eigenvalue weighted by atomic mass is 15.1. The van der Waals surface area contributed by atoms with Gasteiger partial charge in [0.1, 0.15) is 0 Å². The Hall–Kier alpha value is -0.720. The van der Waals surface area contributed by atoms with Gasteiger partial charge in [0, 0.05) is 19.3 Å². The van der Waals surface area contributed by atoms with Gasteiger partial charge >= 0.3 is 0 Å². The van der Waals surface area contributed by atoms with Gasteiger partial charge in [-0.05, 0) is 37.3 Å². The minimum absolute atomic E-state index is 0.882. The lowest BCUT2D eigenvalue weighted by molar-refractivity contribution is 0.426. The first-order valence-electron chi connectivity index (χ1n) is 7.18. The molecule has 98 valence electrons. The molecule has 1 atom stereocenters. The van der Waals surface area contributed by atoms with Crippen LogP contribution in [-0.2, 0) is 0 Å². The molecule has 0 aromatic carbocycles. The van der Waals surface area contributed by atoms with Gasteiger partial charge in [0.2, 0.25) is 0 Å². The highest BCUT2D eigenvalue weighted by Gasteiger charge is 2.16. The van der Waals surface area contributed by atoms with Crippen molar-refractivity contribution in [3.05, 3.63) is 22.9 Å². The minimum atomic E-state index is 0.882. The normalized spacial score (nSPS) is 18.4. The summed E-state index contributed by atoms with van der Waals surface area (Å²) in [6, 6.07) is 0. The van der Waals surface area contributed by atoms with Crippen molar-refractivity contribution in [3.8, 4) is 0 Å². The summed E-state index contributed by atoms with van der Waals surface area (Å²) >= 11 is 0. The maximum atomic E-state index is 2.43. The average Bonchev–Trinajstić information content (AvgIpc) is 2.34. The van der Waals surface area contributed by atoms with Crippen LogP contribution < -0.4 is 0 Å². The molecule has 0 saturated heterocycles. The third-order valence-corrected chi connectivity index (χ3v) is 4.26. The fourth-order valence-electron chi connectivity index (χ4n) is 2.55. The Morgan fingerprint density at radius 2 is 2.00 bits per heavy atom. The molecule has 0 aromatic heterocycles. The minimum Gasteiger partial charge on any atom is -0.374 e. The molecule has 1 heterocycles. The molecule has 1 rings (SSSR count). The van der Waals surface area contributed by atoms with Gasteiger partial charge < -0.3 is 4.90 Å². The summed E-state index contributed by atoms with van der Waals surface area (Å²) in [4.78, 5) is 2.34. The van der Waals surface area contributed by atoms with Crippen molar-refractivity contribution in [2.24, 2.45) is 5.92 Å². The van der Waals surface area contributed by atoms with Crippen molar-refractivity contribution in [1.82, 2.24) is 4.90 Å². The molecule has 1 aliphatic rings. The van der Waals surface area contributed by atoms with Gasteiger partial charge in [-0.1, -0.05) is 45.6 Å². The van der Waals surface area contributed by atoms with E-state index in [9.17, 15) is 0 Å². The third kappa shape index (κ3) is 3.90. The zero-order valence-electron chi connectivity index (χ0n) is 12.3. The third-order valence-electron chi connectivity index (χ3n) is 4.26. The van der Waals surface area contributed by atoms with Crippen molar-refractivity contribution in [1.29, 1.82) is 0 Å². The van der Waals surface area contributed by atoms with Crippen LogP contribution in [0.15, 0.2) is 22.9 Å². The van der Waals surface area contributed by atoms with Crippen LogP contribution in [0.5, 0.6) is 0 Å². The van der Waals surface area contributed by atoms with Crippen molar-refractivity contribution < 1.29 is 0 Å². The second-order valence-electron chi connectivity index (χ2n) is 5.44. The molecule has 0 spiro atoms. The molecule has 1 nitrogen and oxygen atoms in total. The van der Waals surface area contributed by atoms with Gasteiger partial charge in [-0.15, -0.1) is 0 Å². The maximum absolute atomic E-state index is 2.43. The topological polar surface area (TPSA) is 3.24 Å². The molecule has 0 radical (unpaired) electrons. The fraction of sp³-hybridized carbons (Fsp3) is 0.750. The Labute approximate surface area is 108 Å². The van der Waals surface area contributed by atoms with Crippen LogP contribution in [0.3, 0.4) is 0 Å². The molecular formula is C16H29N. The Morgan fingerprint density at radius 1 is 1.29 bits per heavy atom. The molecule has 1 aliphatic heterocycles. The van der Waals surface area contributed by atoms with E-state index in [4.69, 9.17) is 0 Å². The number of unbranched alkanes of at least 4 members (excludes halogenated alkanes) is 1. The van der Waals surface area contributed by atoms with Gasteiger partial charge in [-0.3, -0.25) is 0 Å². The van der Waals surface area contributed by atoms with E-state index in [1.807, 2.05) is 0 Å². The van der Waals surface area contributed by atoms with Crippen molar-refractivity contribution >= 4 is 0 Å². The fourth-order valence-corrected chi connectivity index (χ4v) is 2.55. The molecular weight excluding hydrogens is 206 g/mol. The molecule has 0 amide bonds. The second kappa shape index (κ2) is 6.88. The molecule has 0 bridgehead atoms. The van der Waals surface area contributed by atoms with Gasteiger partial charge in [0.25, 0.3) is 0 Å². The maximum Gasteiger partial charge on any atom is 0.0359 e. The zero-order chi connectivity index (χ0) is 12.8. The van der Waals surface area contributed by atoms with Crippen molar-refractivity contribution in [2.75, 3.05) is 13.6 Å². The van der Waals surface area contributed by atoms with Crippen molar-refractivity contribution in [3.63, 3.8) is 0 Å². The summed E-state index contributed by atoms with van der Waals surface area (Å²) in [7, 11) is 2.18. The van der Waals surface area contributed by atoms with E-state index in [-0.39, 0.29) is 0 Å². The second-order valence-corrected chi connectivity index (χ2v) is 5.44. The first-order chi connectivity index (χ1) is 8.10. The van der Waals surface area contributed by atoms with Gasteiger partial charge in [-0.25, -0.2) is 0 Å². The van der Waals surface area contributed by atoms with Gasteiger partial charge in [0.05, 0.1) is 0 Å². The lowest BCUT2D eigenvalue weighted by Gasteiger charge is -2.28. The quantitative estimate of drug-likeness (QED) is 0.641. The van der Waals surface area contributed by atoms with Crippen LogP contribution in [0.2, 0.25) is 0 Å². The molecule has 1 heteroatoms. The van der Waals surface area contributed by atoms with Crippen LogP contribution in [0.1, 0.15) is 59.8 Å². The lowest BCUT2D eigenvalue weighted by Crippen LogP contribution is -2.22. The average molecular weight is 235 g/mol. The number of hydrogen-bond acceptors (Lipinski definition) is 1. The number of nitrogens with zero attached hydrogens (tertiary/aromatic N) is 1. The molecule has 0 aromatic rings. The standard InChI is InChI=1S/C16H29N/c1-6-8-9-15(7-2)12-16-10-11-17(5)14(4)13(16)3/h10,15H,6-9,11-12H2,1-5H3. The number of allylic oxidation sites excluding steroid dienone is 3. The van der Waals surface area contributed by atoms with Gasteiger partial charge in [-0.2, -0.15) is 0 Å². The van der Waals surface area contributed by atoms with Gasteiger partial charge in [0.15, 0.2) is 0 Å². The van der Waals surface area contributed by atoms with E-state index in [1.54, 1.807) is 5.57 Å².